The molecule has 1 aromatic carbocycles. The van der Waals surface area contributed by atoms with Crippen LogP contribution >= 0.6 is 27.3 Å². The minimum atomic E-state index is -0.607. The maximum Gasteiger partial charge on any atom is 0.373 e. The van der Waals surface area contributed by atoms with Crippen molar-refractivity contribution in [2.24, 2.45) is 4.99 Å². The Balaban J connectivity index is 1.65. The summed E-state index contributed by atoms with van der Waals surface area (Å²) in [6, 6.07) is 8.74. The van der Waals surface area contributed by atoms with Gasteiger partial charge in [0.1, 0.15) is 5.76 Å². The van der Waals surface area contributed by atoms with Gasteiger partial charge in [-0.2, -0.15) is 0 Å². The minimum absolute atomic E-state index is 0.00242. The van der Waals surface area contributed by atoms with Crippen molar-refractivity contribution in [3.63, 3.8) is 0 Å². The van der Waals surface area contributed by atoms with Crippen LogP contribution in [0.2, 0.25) is 0 Å². The zero-order valence-electron chi connectivity index (χ0n) is 14.5. The Kier molecular flexibility index (Phi) is 4.78. The third-order valence-corrected chi connectivity index (χ3v) is 5.56. The smallest absolute Gasteiger partial charge is 0.373 e. The van der Waals surface area contributed by atoms with Crippen molar-refractivity contribution in [2.45, 2.75) is 6.54 Å². The van der Waals surface area contributed by atoms with Gasteiger partial charge in [-0.05, 0) is 36.4 Å². The van der Waals surface area contributed by atoms with Crippen molar-refractivity contribution in [1.29, 1.82) is 0 Å². The number of carbonyl (C=O) groups excluding carboxylic acids is 1. The van der Waals surface area contributed by atoms with Gasteiger partial charge in [-0.15, -0.1) is 0 Å². The van der Waals surface area contributed by atoms with Crippen molar-refractivity contribution >= 4 is 56.8 Å². The number of carbonyl (C=O) groups is 1. The SMILES string of the molecule is COC(=O)c1ccc(Cn2c(O)c(C=C3C=Nc4ccc(Br)cc43)sc2=O)o1. The van der Waals surface area contributed by atoms with Crippen molar-refractivity contribution in [3.05, 3.63) is 66.4 Å². The molecule has 0 amide bonds. The molecule has 1 aliphatic rings. The molecule has 4 rings (SSSR count). The predicted molar refractivity (Wildman–Crippen MR) is 110 cm³/mol. The second-order valence-corrected chi connectivity index (χ2v) is 7.83. The summed E-state index contributed by atoms with van der Waals surface area (Å²) >= 11 is 4.35. The number of methoxy groups -OCH3 is 1. The molecule has 1 aliphatic heterocycles. The first-order valence-electron chi connectivity index (χ1n) is 8.11. The summed E-state index contributed by atoms with van der Waals surface area (Å²) in [4.78, 5) is 28.2. The molecule has 0 bridgehead atoms. The number of allylic oxidation sites excluding steroid dienone is 1. The number of aromatic hydroxyl groups is 1. The summed E-state index contributed by atoms with van der Waals surface area (Å²) in [7, 11) is 1.25. The molecule has 7 nitrogen and oxygen atoms in total. The highest BCUT2D eigenvalue weighted by atomic mass is 79.9. The number of furan rings is 1. The van der Waals surface area contributed by atoms with Gasteiger partial charge in [-0.3, -0.25) is 14.4 Å². The number of aromatic nitrogens is 1. The van der Waals surface area contributed by atoms with Gasteiger partial charge < -0.3 is 14.3 Å². The normalized spacial score (nSPS) is 13.9. The summed E-state index contributed by atoms with van der Waals surface area (Å²) in [6.45, 7) is -0.00242. The number of halogens is 1. The van der Waals surface area contributed by atoms with Gasteiger partial charge in [0.2, 0.25) is 11.6 Å². The molecule has 0 atom stereocenters. The van der Waals surface area contributed by atoms with Crippen LogP contribution in [0.1, 0.15) is 26.8 Å². The van der Waals surface area contributed by atoms with Gasteiger partial charge >= 0.3 is 10.8 Å². The molecule has 0 saturated carbocycles. The topological polar surface area (TPSA) is 94.0 Å². The Morgan fingerprint density at radius 1 is 1.39 bits per heavy atom. The molecule has 28 heavy (non-hydrogen) atoms. The lowest BCUT2D eigenvalue weighted by atomic mass is 10.1. The van der Waals surface area contributed by atoms with E-state index in [-0.39, 0.29) is 23.1 Å². The first-order chi connectivity index (χ1) is 13.5. The average molecular weight is 461 g/mol. The van der Waals surface area contributed by atoms with Crippen LogP contribution in [0.4, 0.5) is 5.69 Å². The molecule has 0 fully saturated rings. The van der Waals surface area contributed by atoms with Crippen LogP contribution in [0.15, 0.2) is 49.0 Å². The fourth-order valence-electron chi connectivity index (χ4n) is 2.79. The molecule has 9 heteroatoms. The van der Waals surface area contributed by atoms with Crippen LogP contribution in [0.3, 0.4) is 0 Å². The third-order valence-electron chi connectivity index (χ3n) is 4.15. The van der Waals surface area contributed by atoms with Crippen LogP contribution in [0.25, 0.3) is 11.6 Å². The Hall–Kier alpha value is -2.91. The van der Waals surface area contributed by atoms with E-state index in [1.165, 1.54) is 17.7 Å². The largest absolute Gasteiger partial charge is 0.493 e. The van der Waals surface area contributed by atoms with E-state index in [4.69, 9.17) is 4.42 Å². The summed E-state index contributed by atoms with van der Waals surface area (Å²) in [5, 5.41) is 10.5. The maximum atomic E-state index is 12.4. The standard InChI is InChI=1S/C19H13BrN2O5S/c1-26-18(24)15-5-3-12(27-15)9-22-17(23)16(28-19(22)25)6-10-8-21-14-4-2-11(20)7-13(10)14/h2-8,23H,9H2,1H3. The van der Waals surface area contributed by atoms with Crippen LogP contribution < -0.4 is 4.87 Å². The molecule has 2 aromatic heterocycles. The Morgan fingerprint density at radius 2 is 2.21 bits per heavy atom. The molecule has 0 spiro atoms. The number of thiazole rings is 1. The first kappa shape index (κ1) is 18.5. The molecule has 1 N–H and O–H groups in total. The van der Waals surface area contributed by atoms with E-state index in [0.29, 0.717) is 10.6 Å². The molecular formula is C19H13BrN2O5S. The fraction of sp³-hybridized carbons (Fsp3) is 0.105. The fourth-order valence-corrected chi connectivity index (χ4v) is 3.99. The molecule has 0 aliphatic carbocycles. The van der Waals surface area contributed by atoms with Gasteiger partial charge in [0.15, 0.2) is 0 Å². The van der Waals surface area contributed by atoms with Crippen LogP contribution in [-0.4, -0.2) is 29.0 Å². The molecule has 142 valence electrons. The van der Waals surface area contributed by atoms with E-state index < -0.39 is 5.97 Å². The number of hydrogen-bond donors (Lipinski definition) is 1. The Labute approximate surface area is 171 Å². The van der Waals surface area contributed by atoms with Crippen LogP contribution in [0, 0.1) is 0 Å². The quantitative estimate of drug-likeness (QED) is 0.592. The van der Waals surface area contributed by atoms with E-state index in [2.05, 4.69) is 25.7 Å². The van der Waals surface area contributed by atoms with E-state index >= 15 is 0 Å². The summed E-state index contributed by atoms with van der Waals surface area (Å²) < 4.78 is 12.1. The van der Waals surface area contributed by atoms with E-state index in [1.54, 1.807) is 18.4 Å². The second-order valence-electron chi connectivity index (χ2n) is 5.92. The summed E-state index contributed by atoms with van der Waals surface area (Å²) in [5.41, 5.74) is 2.53. The van der Waals surface area contributed by atoms with Gasteiger partial charge in [0.05, 0.1) is 24.2 Å². The zero-order chi connectivity index (χ0) is 19.8. The highest BCUT2D eigenvalue weighted by Crippen LogP contribution is 2.36. The van der Waals surface area contributed by atoms with Gasteiger partial charge in [0.25, 0.3) is 0 Å². The minimum Gasteiger partial charge on any atom is -0.493 e. The predicted octanol–water partition coefficient (Wildman–Crippen LogP) is 4.06. The highest BCUT2D eigenvalue weighted by molar-refractivity contribution is 9.10. The first-order valence-corrected chi connectivity index (χ1v) is 9.72. The molecular weight excluding hydrogens is 448 g/mol. The lowest BCUT2D eigenvalue weighted by Gasteiger charge is -2.02. The summed E-state index contributed by atoms with van der Waals surface area (Å²) in [5.74, 6) is -0.391. The number of nitrogens with zero attached hydrogens (tertiary/aromatic N) is 2. The lowest BCUT2D eigenvalue weighted by molar-refractivity contribution is 0.0563. The van der Waals surface area contributed by atoms with Crippen LogP contribution in [0.5, 0.6) is 5.88 Å². The number of ether oxygens (including phenoxy) is 1. The average Bonchev–Trinajstić information content (AvgIpc) is 3.37. The van der Waals surface area contributed by atoms with Crippen LogP contribution in [-0.2, 0) is 11.3 Å². The van der Waals surface area contributed by atoms with Crippen molar-refractivity contribution in [2.75, 3.05) is 7.11 Å². The molecule has 3 aromatic rings. The van der Waals surface area contributed by atoms with E-state index in [1.807, 2.05) is 18.2 Å². The maximum absolute atomic E-state index is 12.4. The molecule has 0 radical (unpaired) electrons. The number of esters is 1. The highest BCUT2D eigenvalue weighted by Gasteiger charge is 2.19. The lowest BCUT2D eigenvalue weighted by Crippen LogP contribution is -2.12. The molecule has 0 saturated heterocycles. The molecule has 3 heterocycles. The molecule has 0 unspecified atom stereocenters. The van der Waals surface area contributed by atoms with Gasteiger partial charge in [-0.25, -0.2) is 4.79 Å². The summed E-state index contributed by atoms with van der Waals surface area (Å²) in [6.07, 6.45) is 3.42. The number of aliphatic imine (C=N–C) groups is 1. The monoisotopic (exact) mass is 460 g/mol. The number of fused-ring (bicyclic) bond motifs is 1. The Morgan fingerprint density at radius 3 is 3.00 bits per heavy atom. The van der Waals surface area contributed by atoms with Crippen molar-refractivity contribution in [3.8, 4) is 5.88 Å². The van der Waals surface area contributed by atoms with E-state index in [0.717, 1.165) is 32.6 Å². The second kappa shape index (κ2) is 7.25. The third kappa shape index (κ3) is 3.34. The van der Waals surface area contributed by atoms with Crippen molar-refractivity contribution in [1.82, 2.24) is 4.57 Å². The van der Waals surface area contributed by atoms with E-state index in [9.17, 15) is 14.7 Å². The number of benzene rings is 1. The number of hydrogen-bond acceptors (Lipinski definition) is 7. The number of rotatable bonds is 4. The van der Waals surface area contributed by atoms with Gasteiger partial charge in [-0.1, -0.05) is 27.3 Å². The Bertz CT molecular complexity index is 1200. The van der Waals surface area contributed by atoms with Crippen molar-refractivity contribution < 1.29 is 19.1 Å². The zero-order valence-corrected chi connectivity index (χ0v) is 16.9. The van der Waals surface area contributed by atoms with Gasteiger partial charge in [0, 0.05) is 21.8 Å².